The molecule has 82 valence electrons. The van der Waals surface area contributed by atoms with Crippen molar-refractivity contribution in [3.05, 3.63) is 35.9 Å². The molecule has 0 bridgehead atoms. The molecule has 1 nitrogen and oxygen atoms in total. The topological polar surface area (TPSA) is 12.0 Å². The van der Waals surface area contributed by atoms with Gasteiger partial charge in [-0.15, -0.1) is 0 Å². The molecule has 0 spiro atoms. The molecule has 0 aromatic heterocycles. The normalized spacial score (nSPS) is 24.1. The molecular formula is C14H21N. The first-order valence-electron chi connectivity index (χ1n) is 6.17. The van der Waals surface area contributed by atoms with Gasteiger partial charge < -0.3 is 5.32 Å². The highest BCUT2D eigenvalue weighted by molar-refractivity contribution is 5.25. The van der Waals surface area contributed by atoms with Gasteiger partial charge in [0.15, 0.2) is 0 Å². The molecule has 1 aliphatic rings. The molecule has 1 aromatic rings. The van der Waals surface area contributed by atoms with Crippen molar-refractivity contribution in [2.24, 2.45) is 5.92 Å². The van der Waals surface area contributed by atoms with E-state index >= 15 is 0 Å². The highest BCUT2D eigenvalue weighted by atomic mass is 14.9. The van der Waals surface area contributed by atoms with Crippen molar-refractivity contribution in [2.45, 2.75) is 32.1 Å². The van der Waals surface area contributed by atoms with Crippen LogP contribution in [0.15, 0.2) is 30.3 Å². The Morgan fingerprint density at radius 1 is 1.27 bits per heavy atom. The quantitative estimate of drug-likeness (QED) is 0.700. The van der Waals surface area contributed by atoms with Gasteiger partial charge in [-0.3, -0.25) is 0 Å². The lowest BCUT2D eigenvalue weighted by Crippen LogP contribution is -2.18. The minimum absolute atomic E-state index is 0.834. The molecule has 0 saturated heterocycles. The summed E-state index contributed by atoms with van der Waals surface area (Å²) < 4.78 is 0. The third kappa shape index (κ3) is 3.07. The van der Waals surface area contributed by atoms with E-state index < -0.39 is 0 Å². The molecule has 0 radical (unpaired) electrons. The van der Waals surface area contributed by atoms with Crippen LogP contribution in [0.5, 0.6) is 0 Å². The van der Waals surface area contributed by atoms with Crippen LogP contribution >= 0.6 is 0 Å². The van der Waals surface area contributed by atoms with Crippen molar-refractivity contribution < 1.29 is 0 Å². The summed E-state index contributed by atoms with van der Waals surface area (Å²) in [6.45, 7) is 4.64. The summed E-state index contributed by atoms with van der Waals surface area (Å²) in [7, 11) is 0. The van der Waals surface area contributed by atoms with Gasteiger partial charge in [-0.25, -0.2) is 0 Å². The van der Waals surface area contributed by atoms with Crippen LogP contribution in [0.1, 0.15) is 37.7 Å². The monoisotopic (exact) mass is 203 g/mol. The van der Waals surface area contributed by atoms with E-state index in [9.17, 15) is 0 Å². The van der Waals surface area contributed by atoms with Gasteiger partial charge in [-0.2, -0.15) is 0 Å². The van der Waals surface area contributed by atoms with Gasteiger partial charge in [0.05, 0.1) is 0 Å². The second kappa shape index (κ2) is 5.32. The molecule has 1 fully saturated rings. The summed E-state index contributed by atoms with van der Waals surface area (Å²) in [6.07, 6.45) is 3.98. The lowest BCUT2D eigenvalue weighted by atomic mass is 10.1. The molecule has 0 unspecified atom stereocenters. The maximum atomic E-state index is 3.55. The Morgan fingerprint density at radius 2 is 2.07 bits per heavy atom. The Balaban J connectivity index is 1.68. The van der Waals surface area contributed by atoms with Gasteiger partial charge in [0.1, 0.15) is 0 Å². The molecule has 1 saturated carbocycles. The fourth-order valence-electron chi connectivity index (χ4n) is 2.17. The van der Waals surface area contributed by atoms with Crippen LogP contribution in [0.2, 0.25) is 0 Å². The van der Waals surface area contributed by atoms with E-state index in [1.807, 2.05) is 0 Å². The Labute approximate surface area is 92.9 Å². The van der Waals surface area contributed by atoms with E-state index in [0.717, 1.165) is 11.8 Å². The van der Waals surface area contributed by atoms with E-state index in [1.165, 1.54) is 37.9 Å². The van der Waals surface area contributed by atoms with E-state index in [4.69, 9.17) is 0 Å². The minimum Gasteiger partial charge on any atom is -0.316 e. The second-order valence-corrected chi connectivity index (χ2v) is 4.57. The predicted molar refractivity (Wildman–Crippen MR) is 65.1 cm³/mol. The van der Waals surface area contributed by atoms with Crippen molar-refractivity contribution in [3.8, 4) is 0 Å². The lowest BCUT2D eigenvalue weighted by Gasteiger charge is -2.03. The molecule has 1 N–H and O–H groups in total. The van der Waals surface area contributed by atoms with Gasteiger partial charge >= 0.3 is 0 Å². The van der Waals surface area contributed by atoms with Crippen LogP contribution in [0.25, 0.3) is 0 Å². The fraction of sp³-hybridized carbons (Fsp3) is 0.571. The first-order valence-corrected chi connectivity index (χ1v) is 6.17. The van der Waals surface area contributed by atoms with Crippen molar-refractivity contribution in [2.75, 3.05) is 13.1 Å². The fourth-order valence-corrected chi connectivity index (χ4v) is 2.17. The average Bonchev–Trinajstić information content (AvgIpc) is 3.05. The highest BCUT2D eigenvalue weighted by Crippen LogP contribution is 2.46. The molecule has 2 atom stereocenters. The van der Waals surface area contributed by atoms with Gasteiger partial charge in [0.25, 0.3) is 0 Å². The Bertz CT molecular complexity index is 281. The Kier molecular flexibility index (Phi) is 3.79. The van der Waals surface area contributed by atoms with Crippen LogP contribution in [-0.2, 0) is 0 Å². The van der Waals surface area contributed by atoms with Gasteiger partial charge in [0.2, 0.25) is 0 Å². The third-order valence-electron chi connectivity index (χ3n) is 3.26. The molecule has 1 aromatic carbocycles. The first kappa shape index (κ1) is 10.7. The molecular weight excluding hydrogens is 182 g/mol. The standard InChI is InChI=1S/C14H21N/c1-2-3-9-15-11-13-10-14(13)12-7-5-4-6-8-12/h4-8,13-15H,2-3,9-11H2,1H3/t13-,14-/m0/s1. The smallest absolute Gasteiger partial charge is 0.00144 e. The summed E-state index contributed by atoms with van der Waals surface area (Å²) >= 11 is 0. The largest absolute Gasteiger partial charge is 0.316 e. The highest BCUT2D eigenvalue weighted by Gasteiger charge is 2.37. The number of rotatable bonds is 6. The zero-order valence-electron chi connectivity index (χ0n) is 9.58. The summed E-state index contributed by atoms with van der Waals surface area (Å²) in [5.74, 6) is 1.73. The molecule has 1 aliphatic carbocycles. The van der Waals surface area contributed by atoms with Crippen LogP contribution in [0, 0.1) is 5.92 Å². The summed E-state index contributed by atoms with van der Waals surface area (Å²) in [6, 6.07) is 10.9. The Hall–Kier alpha value is -0.820. The number of nitrogens with one attached hydrogen (secondary N) is 1. The zero-order valence-corrected chi connectivity index (χ0v) is 9.58. The number of unbranched alkanes of at least 4 members (excludes halogenated alkanes) is 1. The van der Waals surface area contributed by atoms with Crippen LogP contribution in [-0.4, -0.2) is 13.1 Å². The molecule has 0 amide bonds. The van der Waals surface area contributed by atoms with Crippen molar-refractivity contribution in [1.29, 1.82) is 0 Å². The SMILES string of the molecule is CCCCNC[C@@H]1C[C@H]1c1ccccc1. The minimum atomic E-state index is 0.834. The second-order valence-electron chi connectivity index (χ2n) is 4.57. The van der Waals surface area contributed by atoms with Gasteiger partial charge in [-0.1, -0.05) is 43.7 Å². The molecule has 0 aliphatic heterocycles. The number of hydrogen-bond donors (Lipinski definition) is 1. The van der Waals surface area contributed by atoms with Crippen molar-refractivity contribution >= 4 is 0 Å². The predicted octanol–water partition coefficient (Wildman–Crippen LogP) is 3.18. The maximum absolute atomic E-state index is 3.55. The van der Waals surface area contributed by atoms with Crippen LogP contribution in [0.3, 0.4) is 0 Å². The molecule has 2 rings (SSSR count). The summed E-state index contributed by atoms with van der Waals surface area (Å²) in [5.41, 5.74) is 1.53. The van der Waals surface area contributed by atoms with E-state index in [2.05, 4.69) is 42.6 Å². The number of benzene rings is 1. The Morgan fingerprint density at radius 3 is 2.80 bits per heavy atom. The van der Waals surface area contributed by atoms with Crippen LogP contribution in [0.4, 0.5) is 0 Å². The number of hydrogen-bond acceptors (Lipinski definition) is 1. The van der Waals surface area contributed by atoms with Crippen LogP contribution < -0.4 is 5.32 Å². The van der Waals surface area contributed by atoms with E-state index in [0.29, 0.717) is 0 Å². The summed E-state index contributed by atoms with van der Waals surface area (Å²) in [5, 5.41) is 3.55. The molecule has 1 heteroatoms. The van der Waals surface area contributed by atoms with Crippen molar-refractivity contribution in [3.63, 3.8) is 0 Å². The lowest BCUT2D eigenvalue weighted by molar-refractivity contribution is 0.600. The van der Waals surface area contributed by atoms with Gasteiger partial charge in [0, 0.05) is 0 Å². The maximum Gasteiger partial charge on any atom is -0.00144 e. The average molecular weight is 203 g/mol. The summed E-state index contributed by atoms with van der Waals surface area (Å²) in [4.78, 5) is 0. The zero-order chi connectivity index (χ0) is 10.5. The van der Waals surface area contributed by atoms with Crippen molar-refractivity contribution in [1.82, 2.24) is 5.32 Å². The van der Waals surface area contributed by atoms with Gasteiger partial charge in [-0.05, 0) is 43.3 Å². The third-order valence-corrected chi connectivity index (χ3v) is 3.26. The molecule has 15 heavy (non-hydrogen) atoms. The molecule has 0 heterocycles. The van der Waals surface area contributed by atoms with E-state index in [-0.39, 0.29) is 0 Å². The van der Waals surface area contributed by atoms with E-state index in [1.54, 1.807) is 0 Å². The first-order chi connectivity index (χ1) is 7.42.